The largest absolute Gasteiger partial charge is 0.344 e. The first-order chi connectivity index (χ1) is 9.20. The number of thioether (sulfide) groups is 1. The van der Waals surface area contributed by atoms with Gasteiger partial charge in [-0.1, -0.05) is 0 Å². The van der Waals surface area contributed by atoms with Gasteiger partial charge in [0.1, 0.15) is 6.33 Å². The van der Waals surface area contributed by atoms with Crippen molar-refractivity contribution in [2.45, 2.75) is 6.42 Å². The highest BCUT2D eigenvalue weighted by Gasteiger charge is 2.10. The van der Waals surface area contributed by atoms with Crippen LogP contribution in [-0.4, -0.2) is 50.1 Å². The highest BCUT2D eigenvalue weighted by Crippen LogP contribution is 2.13. The predicted molar refractivity (Wildman–Crippen MR) is 78.2 cm³/mol. The number of hydrogen-bond donors (Lipinski definition) is 0. The zero-order chi connectivity index (χ0) is 13.7. The lowest BCUT2D eigenvalue weighted by Gasteiger charge is -2.17. The fraction of sp³-hybridized carbons (Fsp3) is 0.455. The molecular weight excluding hydrogens is 284 g/mol. The first kappa shape index (κ1) is 14.1. The van der Waals surface area contributed by atoms with Crippen LogP contribution in [0.1, 0.15) is 6.42 Å². The molecule has 0 saturated carbocycles. The smallest absolute Gasteiger partial charge is 0.241 e. The lowest BCUT2D eigenvalue weighted by Crippen LogP contribution is -2.22. The Kier molecular flexibility index (Phi) is 4.98. The minimum absolute atomic E-state index is 0.186. The Morgan fingerprint density at radius 2 is 2.21 bits per heavy atom. The molecule has 0 atom stereocenters. The minimum Gasteiger partial charge on any atom is -0.344 e. The summed E-state index contributed by atoms with van der Waals surface area (Å²) in [7, 11) is 1.95. The quantitative estimate of drug-likeness (QED) is 0.759. The molecule has 0 N–H and O–H groups in total. The van der Waals surface area contributed by atoms with Crippen LogP contribution in [0.25, 0.3) is 5.95 Å². The molecule has 2 aromatic rings. The third-order valence-corrected chi connectivity index (χ3v) is 3.37. The van der Waals surface area contributed by atoms with Gasteiger partial charge in [-0.05, 0) is 30.0 Å². The minimum atomic E-state index is 0.186. The van der Waals surface area contributed by atoms with Gasteiger partial charge in [0, 0.05) is 26.0 Å². The van der Waals surface area contributed by atoms with E-state index in [0.717, 1.165) is 18.7 Å². The Morgan fingerprint density at radius 3 is 2.89 bits per heavy atom. The topological polar surface area (TPSA) is 59.7 Å². The number of anilines is 1. The molecule has 0 aliphatic rings. The lowest BCUT2D eigenvalue weighted by molar-refractivity contribution is 0.799. The van der Waals surface area contributed by atoms with Crippen molar-refractivity contribution in [3.8, 4) is 5.95 Å². The fourth-order valence-corrected chi connectivity index (χ4v) is 2.11. The maximum Gasteiger partial charge on any atom is 0.241 e. The molecule has 0 radical (unpaired) electrons. The summed E-state index contributed by atoms with van der Waals surface area (Å²) in [4.78, 5) is 18.6. The first-order valence-electron chi connectivity index (χ1n) is 5.80. The van der Waals surface area contributed by atoms with Crippen molar-refractivity contribution in [1.29, 1.82) is 0 Å². The summed E-state index contributed by atoms with van der Waals surface area (Å²) in [6, 6.07) is 0. The van der Waals surface area contributed by atoms with Crippen LogP contribution in [0.4, 0.5) is 5.95 Å². The van der Waals surface area contributed by atoms with E-state index in [1.165, 1.54) is 0 Å². The average molecular weight is 299 g/mol. The molecule has 0 unspecified atom stereocenters. The van der Waals surface area contributed by atoms with E-state index in [0.29, 0.717) is 11.9 Å². The molecule has 0 aliphatic carbocycles. The van der Waals surface area contributed by atoms with Crippen LogP contribution in [0.2, 0.25) is 5.28 Å². The summed E-state index contributed by atoms with van der Waals surface area (Å²) in [5.41, 5.74) is 0. The molecule has 0 aliphatic heterocycles. The van der Waals surface area contributed by atoms with E-state index in [9.17, 15) is 0 Å². The van der Waals surface area contributed by atoms with Gasteiger partial charge in [0.25, 0.3) is 0 Å². The first-order valence-corrected chi connectivity index (χ1v) is 7.58. The summed E-state index contributed by atoms with van der Waals surface area (Å²) in [6.07, 6.45) is 8.23. The fourth-order valence-electron chi connectivity index (χ4n) is 1.54. The standard InChI is InChI=1S/C11H15ClN6S/c1-17(5-3-7-19-2)10-14-9(12)15-11(16-10)18-6-4-13-8-18/h4,6,8H,3,5,7H2,1-2H3. The Morgan fingerprint density at radius 1 is 1.37 bits per heavy atom. The van der Waals surface area contributed by atoms with Crippen LogP contribution in [0.5, 0.6) is 0 Å². The third-order valence-electron chi connectivity index (χ3n) is 2.50. The van der Waals surface area contributed by atoms with Crippen molar-refractivity contribution in [1.82, 2.24) is 24.5 Å². The SMILES string of the molecule is CSCCCN(C)c1nc(Cl)nc(-n2ccnc2)n1. The summed E-state index contributed by atoms with van der Waals surface area (Å²) in [6.45, 7) is 0.880. The van der Waals surface area contributed by atoms with Crippen LogP contribution in [0.3, 0.4) is 0 Å². The van der Waals surface area contributed by atoms with Gasteiger partial charge in [-0.2, -0.15) is 26.7 Å². The van der Waals surface area contributed by atoms with Gasteiger partial charge in [-0.25, -0.2) is 4.98 Å². The summed E-state index contributed by atoms with van der Waals surface area (Å²) >= 11 is 7.77. The second-order valence-electron chi connectivity index (χ2n) is 3.94. The maximum atomic E-state index is 5.95. The molecule has 2 rings (SSSR count). The van der Waals surface area contributed by atoms with Crippen LogP contribution < -0.4 is 4.90 Å². The van der Waals surface area contributed by atoms with Gasteiger partial charge in [0.2, 0.25) is 17.2 Å². The van der Waals surface area contributed by atoms with E-state index >= 15 is 0 Å². The van der Waals surface area contributed by atoms with E-state index in [1.807, 2.05) is 23.7 Å². The van der Waals surface area contributed by atoms with Gasteiger partial charge >= 0.3 is 0 Å². The molecule has 0 saturated heterocycles. The molecule has 0 aromatic carbocycles. The average Bonchev–Trinajstić information content (AvgIpc) is 2.92. The number of imidazole rings is 1. The highest BCUT2D eigenvalue weighted by atomic mass is 35.5. The molecule has 0 amide bonds. The summed E-state index contributed by atoms with van der Waals surface area (Å²) in [5.74, 6) is 2.16. The van der Waals surface area contributed by atoms with E-state index in [1.54, 1.807) is 23.3 Å². The predicted octanol–water partition coefficient (Wildman–Crippen LogP) is 1.90. The van der Waals surface area contributed by atoms with Gasteiger partial charge in [0.15, 0.2) is 0 Å². The molecule has 102 valence electrons. The van der Waals surface area contributed by atoms with Crippen molar-refractivity contribution < 1.29 is 0 Å². The number of nitrogens with zero attached hydrogens (tertiary/aromatic N) is 6. The van der Waals surface area contributed by atoms with Crippen LogP contribution in [-0.2, 0) is 0 Å². The van der Waals surface area contributed by atoms with Gasteiger partial charge in [0.05, 0.1) is 0 Å². The van der Waals surface area contributed by atoms with Crippen LogP contribution in [0, 0.1) is 0 Å². The van der Waals surface area contributed by atoms with Crippen molar-refractivity contribution in [2.75, 3.05) is 30.5 Å². The summed E-state index contributed by atoms with van der Waals surface area (Å²) in [5, 5.41) is 0.186. The molecular formula is C11H15ClN6S. The van der Waals surface area contributed by atoms with Crippen LogP contribution >= 0.6 is 23.4 Å². The Hall–Kier alpha value is -1.34. The van der Waals surface area contributed by atoms with Gasteiger partial charge < -0.3 is 4.90 Å². The Labute approximate surface area is 121 Å². The molecule has 0 spiro atoms. The van der Waals surface area contributed by atoms with Crippen molar-refractivity contribution in [3.63, 3.8) is 0 Å². The van der Waals surface area contributed by atoms with Crippen molar-refractivity contribution >= 4 is 29.3 Å². The maximum absolute atomic E-state index is 5.95. The molecule has 6 nitrogen and oxygen atoms in total. The zero-order valence-corrected chi connectivity index (χ0v) is 12.4. The van der Waals surface area contributed by atoms with Crippen molar-refractivity contribution in [3.05, 3.63) is 24.0 Å². The molecule has 2 aromatic heterocycles. The van der Waals surface area contributed by atoms with E-state index in [2.05, 4.69) is 26.2 Å². The second kappa shape index (κ2) is 6.72. The zero-order valence-electron chi connectivity index (χ0n) is 10.8. The monoisotopic (exact) mass is 298 g/mol. The highest BCUT2D eigenvalue weighted by molar-refractivity contribution is 7.98. The Balaban J connectivity index is 2.17. The number of aromatic nitrogens is 5. The van der Waals surface area contributed by atoms with E-state index < -0.39 is 0 Å². The number of rotatable bonds is 6. The Bertz CT molecular complexity index is 518. The molecule has 19 heavy (non-hydrogen) atoms. The van der Waals surface area contributed by atoms with Crippen molar-refractivity contribution in [2.24, 2.45) is 0 Å². The lowest BCUT2D eigenvalue weighted by atomic mass is 10.4. The van der Waals surface area contributed by atoms with Gasteiger partial charge in [-0.3, -0.25) is 4.57 Å². The molecule has 0 bridgehead atoms. The molecule has 2 heterocycles. The van der Waals surface area contributed by atoms with Crippen LogP contribution in [0.15, 0.2) is 18.7 Å². The normalized spacial score (nSPS) is 10.7. The van der Waals surface area contributed by atoms with Gasteiger partial charge in [-0.15, -0.1) is 0 Å². The summed E-state index contributed by atoms with van der Waals surface area (Å²) < 4.78 is 1.70. The van der Waals surface area contributed by atoms with E-state index in [4.69, 9.17) is 11.6 Å². The van der Waals surface area contributed by atoms with E-state index in [-0.39, 0.29) is 5.28 Å². The number of halogens is 1. The second-order valence-corrected chi connectivity index (χ2v) is 5.27. The number of hydrogen-bond acceptors (Lipinski definition) is 6. The molecule has 8 heteroatoms. The third kappa shape index (κ3) is 3.81. The molecule has 0 fully saturated rings.